The molecule has 162 valence electrons. The number of rotatable bonds is 7. The summed E-state index contributed by atoms with van der Waals surface area (Å²) in [7, 11) is 1.62. The molecule has 0 aromatic heterocycles. The quantitative estimate of drug-likeness (QED) is 0.480. The van der Waals surface area contributed by atoms with Crippen molar-refractivity contribution in [1.29, 1.82) is 0 Å². The Labute approximate surface area is 177 Å². The fourth-order valence-corrected chi connectivity index (χ4v) is 3.58. The Bertz CT molecular complexity index is 820. The lowest BCUT2D eigenvalue weighted by Gasteiger charge is -2.34. The number of hydrogen-bond acceptors (Lipinski definition) is 4. The maximum Gasteiger partial charge on any atom is 0.191 e. The summed E-state index contributed by atoms with van der Waals surface area (Å²) in [4.78, 5) is 6.77. The lowest BCUT2D eigenvalue weighted by atomic mass is 10.0. The molecule has 1 aliphatic heterocycles. The summed E-state index contributed by atoms with van der Waals surface area (Å²) < 4.78 is 18.6. The Morgan fingerprint density at radius 1 is 1.23 bits per heavy atom. The smallest absolute Gasteiger partial charge is 0.191 e. The number of anilines is 1. The van der Waals surface area contributed by atoms with Gasteiger partial charge >= 0.3 is 0 Å². The molecule has 0 bridgehead atoms. The predicted molar refractivity (Wildman–Crippen MR) is 119 cm³/mol. The molecule has 3 N–H and O–H groups in total. The summed E-state index contributed by atoms with van der Waals surface area (Å²) in [5, 5.41) is 17.2. The molecule has 1 heterocycles. The molecule has 1 aliphatic rings. The van der Waals surface area contributed by atoms with Gasteiger partial charge in [0.25, 0.3) is 0 Å². The van der Waals surface area contributed by atoms with E-state index in [4.69, 9.17) is 4.74 Å². The van der Waals surface area contributed by atoms with Crippen molar-refractivity contribution in [3.05, 3.63) is 59.9 Å². The molecule has 2 aromatic rings. The molecular formula is C23H31FN4O2. The molecule has 7 heteroatoms. The Balaban J connectivity index is 1.53. The van der Waals surface area contributed by atoms with Crippen molar-refractivity contribution in [1.82, 2.24) is 10.6 Å². The average molecular weight is 415 g/mol. The van der Waals surface area contributed by atoms with Crippen LogP contribution in [-0.4, -0.2) is 50.4 Å². The minimum atomic E-state index is -0.679. The average Bonchev–Trinajstić information content (AvgIpc) is 2.78. The van der Waals surface area contributed by atoms with E-state index < -0.39 is 6.10 Å². The Kier molecular flexibility index (Phi) is 7.90. The van der Waals surface area contributed by atoms with Crippen LogP contribution in [0.15, 0.2) is 53.5 Å². The molecule has 3 rings (SSSR count). The monoisotopic (exact) mass is 414 g/mol. The highest BCUT2D eigenvalue weighted by atomic mass is 19.1. The molecule has 1 atom stereocenters. The van der Waals surface area contributed by atoms with Crippen LogP contribution in [0.2, 0.25) is 0 Å². The van der Waals surface area contributed by atoms with Gasteiger partial charge in [0, 0.05) is 31.4 Å². The predicted octanol–water partition coefficient (Wildman–Crippen LogP) is 3.09. The van der Waals surface area contributed by atoms with Crippen LogP contribution in [0.25, 0.3) is 0 Å². The second kappa shape index (κ2) is 10.8. The van der Waals surface area contributed by atoms with E-state index in [1.807, 2.05) is 37.3 Å². The summed E-state index contributed by atoms with van der Waals surface area (Å²) in [6.45, 7) is 4.74. The van der Waals surface area contributed by atoms with E-state index in [-0.39, 0.29) is 18.4 Å². The molecule has 0 spiro atoms. The molecule has 6 nitrogen and oxygen atoms in total. The number of guanidine groups is 1. The Hall–Kier alpha value is -2.80. The number of halogens is 1. The number of nitrogens with one attached hydrogen (secondary N) is 2. The number of methoxy groups -OCH3 is 1. The molecule has 0 amide bonds. The lowest BCUT2D eigenvalue weighted by molar-refractivity contribution is 0.187. The SMILES string of the molecule is CCNC(=NCC(O)c1ccc(OC)cc1)NC1CCN(c2cccc(F)c2)CC1. The first kappa shape index (κ1) is 21.9. The van der Waals surface area contributed by atoms with Crippen LogP contribution in [-0.2, 0) is 0 Å². The number of piperidine rings is 1. The lowest BCUT2D eigenvalue weighted by Crippen LogP contribution is -2.48. The summed E-state index contributed by atoms with van der Waals surface area (Å²) in [6, 6.07) is 14.4. The molecule has 1 unspecified atom stereocenters. The molecule has 1 saturated heterocycles. The maximum atomic E-state index is 13.5. The van der Waals surface area contributed by atoms with Gasteiger partial charge in [-0.3, -0.25) is 4.99 Å². The third-order valence-corrected chi connectivity index (χ3v) is 5.28. The number of aliphatic imine (C=N–C) groups is 1. The van der Waals surface area contributed by atoms with E-state index in [9.17, 15) is 9.50 Å². The van der Waals surface area contributed by atoms with Crippen molar-refractivity contribution in [3.8, 4) is 5.75 Å². The van der Waals surface area contributed by atoms with Crippen LogP contribution in [0.1, 0.15) is 31.4 Å². The molecule has 1 fully saturated rings. The summed E-state index contributed by atoms with van der Waals surface area (Å²) >= 11 is 0. The number of aliphatic hydroxyl groups is 1. The number of hydrogen-bond donors (Lipinski definition) is 3. The first-order chi connectivity index (χ1) is 14.6. The van der Waals surface area contributed by atoms with Crippen molar-refractivity contribution >= 4 is 11.6 Å². The fourth-order valence-electron chi connectivity index (χ4n) is 3.58. The van der Waals surface area contributed by atoms with Crippen LogP contribution in [0.4, 0.5) is 10.1 Å². The van der Waals surface area contributed by atoms with Gasteiger partial charge in [-0.15, -0.1) is 0 Å². The van der Waals surface area contributed by atoms with Gasteiger partial charge in [0.15, 0.2) is 5.96 Å². The van der Waals surface area contributed by atoms with Crippen molar-refractivity contribution in [2.45, 2.75) is 31.9 Å². The highest BCUT2D eigenvalue weighted by Gasteiger charge is 2.20. The highest BCUT2D eigenvalue weighted by molar-refractivity contribution is 5.80. The number of ether oxygens (including phenoxy) is 1. The van der Waals surface area contributed by atoms with Crippen LogP contribution in [0, 0.1) is 5.82 Å². The molecule has 0 aliphatic carbocycles. The van der Waals surface area contributed by atoms with Crippen molar-refractivity contribution in [2.24, 2.45) is 4.99 Å². The number of benzene rings is 2. The van der Waals surface area contributed by atoms with Gasteiger partial charge in [-0.2, -0.15) is 0 Å². The molecule has 2 aromatic carbocycles. The first-order valence-corrected chi connectivity index (χ1v) is 10.5. The zero-order valence-electron chi connectivity index (χ0n) is 17.6. The zero-order chi connectivity index (χ0) is 21.3. The topological polar surface area (TPSA) is 69.1 Å². The van der Waals surface area contributed by atoms with Gasteiger partial charge in [0.2, 0.25) is 0 Å². The largest absolute Gasteiger partial charge is 0.497 e. The van der Waals surface area contributed by atoms with Gasteiger partial charge in [-0.25, -0.2) is 4.39 Å². The standard InChI is InChI=1S/C23H31FN4O2/c1-3-25-23(26-16-22(29)17-7-9-21(30-2)10-8-17)27-19-11-13-28(14-12-19)20-6-4-5-18(24)15-20/h4-10,15,19,22,29H,3,11-14,16H2,1-2H3,(H2,25,26,27). The van der Waals surface area contributed by atoms with E-state index >= 15 is 0 Å². The molecular weight excluding hydrogens is 383 g/mol. The summed E-state index contributed by atoms with van der Waals surface area (Å²) in [5.74, 6) is 1.26. The maximum absolute atomic E-state index is 13.5. The van der Waals surface area contributed by atoms with Gasteiger partial charge in [0.05, 0.1) is 19.8 Å². The fraction of sp³-hybridized carbons (Fsp3) is 0.435. The van der Waals surface area contributed by atoms with Crippen LogP contribution in [0.5, 0.6) is 5.75 Å². The second-order valence-corrected chi connectivity index (χ2v) is 7.39. The van der Waals surface area contributed by atoms with Gasteiger partial charge in [-0.1, -0.05) is 18.2 Å². The van der Waals surface area contributed by atoms with Crippen LogP contribution in [0.3, 0.4) is 0 Å². The van der Waals surface area contributed by atoms with Crippen molar-refractivity contribution < 1.29 is 14.2 Å². The highest BCUT2D eigenvalue weighted by Crippen LogP contribution is 2.21. The van der Waals surface area contributed by atoms with E-state index in [1.54, 1.807) is 19.2 Å². The summed E-state index contributed by atoms with van der Waals surface area (Å²) in [5.41, 5.74) is 1.73. The molecule has 0 saturated carbocycles. The minimum Gasteiger partial charge on any atom is -0.497 e. The van der Waals surface area contributed by atoms with E-state index in [2.05, 4.69) is 20.5 Å². The normalized spacial score (nSPS) is 16.3. The minimum absolute atomic E-state index is 0.204. The third-order valence-electron chi connectivity index (χ3n) is 5.28. The first-order valence-electron chi connectivity index (χ1n) is 10.5. The summed E-state index contributed by atoms with van der Waals surface area (Å²) in [6.07, 6.45) is 1.19. The van der Waals surface area contributed by atoms with Gasteiger partial charge in [0.1, 0.15) is 11.6 Å². The van der Waals surface area contributed by atoms with Gasteiger partial charge < -0.3 is 25.4 Å². The van der Waals surface area contributed by atoms with E-state index in [0.29, 0.717) is 5.96 Å². The van der Waals surface area contributed by atoms with Gasteiger partial charge in [-0.05, 0) is 55.7 Å². The Morgan fingerprint density at radius 2 is 1.97 bits per heavy atom. The third kappa shape index (κ3) is 6.10. The molecule has 30 heavy (non-hydrogen) atoms. The number of nitrogens with zero attached hydrogens (tertiary/aromatic N) is 2. The van der Waals surface area contributed by atoms with E-state index in [1.165, 1.54) is 6.07 Å². The number of aliphatic hydroxyl groups excluding tert-OH is 1. The van der Waals surface area contributed by atoms with Crippen molar-refractivity contribution in [3.63, 3.8) is 0 Å². The van der Waals surface area contributed by atoms with E-state index in [0.717, 1.165) is 49.5 Å². The van der Waals surface area contributed by atoms with Crippen LogP contribution >= 0.6 is 0 Å². The van der Waals surface area contributed by atoms with Crippen molar-refractivity contribution in [2.75, 3.05) is 38.2 Å². The zero-order valence-corrected chi connectivity index (χ0v) is 17.6. The molecule has 0 radical (unpaired) electrons. The second-order valence-electron chi connectivity index (χ2n) is 7.39. The Morgan fingerprint density at radius 3 is 2.60 bits per heavy atom. The van der Waals surface area contributed by atoms with Crippen LogP contribution < -0.4 is 20.3 Å².